The Morgan fingerprint density at radius 1 is 0.917 bits per heavy atom. The molecule has 2 aromatic carbocycles. The normalized spacial score (nSPS) is 12.7. The van der Waals surface area contributed by atoms with Gasteiger partial charge in [0.25, 0.3) is 17.4 Å². The molecule has 3 heterocycles. The minimum Gasteiger partial charge on any atom is -0.487 e. The Bertz CT molecular complexity index is 1570. The van der Waals surface area contributed by atoms with Gasteiger partial charge in [0.1, 0.15) is 24.5 Å². The summed E-state index contributed by atoms with van der Waals surface area (Å²) in [4.78, 5) is 55.6. The van der Waals surface area contributed by atoms with Crippen molar-refractivity contribution in [2.24, 2.45) is 0 Å². The Morgan fingerprint density at radius 2 is 1.64 bits per heavy atom. The molecule has 36 heavy (non-hydrogen) atoms. The highest BCUT2D eigenvalue weighted by Gasteiger charge is 2.36. The van der Waals surface area contributed by atoms with Gasteiger partial charge in [-0.15, -0.1) is 0 Å². The molecule has 4 aromatic rings. The van der Waals surface area contributed by atoms with Crippen LogP contribution in [0, 0.1) is 13.8 Å². The fourth-order valence-electron chi connectivity index (χ4n) is 4.09. The van der Waals surface area contributed by atoms with E-state index >= 15 is 0 Å². The Labute approximate surface area is 206 Å². The van der Waals surface area contributed by atoms with Crippen LogP contribution in [0.3, 0.4) is 0 Å². The average molecular weight is 482 g/mol. The average Bonchev–Trinajstić information content (AvgIpc) is 3.10. The number of amides is 3. The van der Waals surface area contributed by atoms with Crippen LogP contribution in [0.15, 0.2) is 71.7 Å². The van der Waals surface area contributed by atoms with Crippen molar-refractivity contribution in [1.29, 1.82) is 0 Å². The van der Waals surface area contributed by atoms with E-state index in [2.05, 4.69) is 10.3 Å². The van der Waals surface area contributed by atoms with E-state index in [-0.39, 0.29) is 12.2 Å². The summed E-state index contributed by atoms with van der Waals surface area (Å²) >= 11 is 0. The standard InChI is InChI=1S/C27H22N4O5/c1-16-9-10-18(28-23(32)14-31-26(34)20-7-3-4-8-21(20)27(31)35)12-22(16)36-15-19-13-24(33)30-11-5-6-17(2)25(30)29-19/h3-13H,14-15H2,1-2H3,(H,28,32). The molecule has 0 spiro atoms. The number of carbonyl (C=O) groups is 3. The maximum atomic E-state index is 12.6. The summed E-state index contributed by atoms with van der Waals surface area (Å²) in [6.45, 7) is 3.39. The van der Waals surface area contributed by atoms with E-state index in [1.54, 1.807) is 54.7 Å². The summed E-state index contributed by atoms with van der Waals surface area (Å²) in [5.41, 5.74) is 3.56. The molecular weight excluding hydrogens is 460 g/mol. The molecule has 0 radical (unpaired) electrons. The topological polar surface area (TPSA) is 110 Å². The quantitative estimate of drug-likeness (QED) is 0.423. The van der Waals surface area contributed by atoms with Crippen LogP contribution >= 0.6 is 0 Å². The Balaban J connectivity index is 1.28. The van der Waals surface area contributed by atoms with Gasteiger partial charge in [0.05, 0.1) is 16.8 Å². The van der Waals surface area contributed by atoms with Crippen molar-refractivity contribution < 1.29 is 19.1 Å². The number of imide groups is 1. The molecule has 0 atom stereocenters. The third-order valence-corrected chi connectivity index (χ3v) is 5.97. The number of ether oxygens (including phenoxy) is 1. The molecule has 180 valence electrons. The Kier molecular flexibility index (Phi) is 5.81. The SMILES string of the molecule is Cc1ccc(NC(=O)CN2C(=O)c3ccccc3C2=O)cc1OCc1cc(=O)n2cccc(C)c2n1. The molecule has 0 unspecified atom stereocenters. The van der Waals surface area contributed by atoms with Crippen LogP contribution in [0.2, 0.25) is 0 Å². The predicted molar refractivity (Wildman–Crippen MR) is 132 cm³/mol. The lowest BCUT2D eigenvalue weighted by atomic mass is 10.1. The van der Waals surface area contributed by atoms with Gasteiger partial charge in [0, 0.05) is 24.0 Å². The van der Waals surface area contributed by atoms with Gasteiger partial charge in [-0.25, -0.2) is 4.98 Å². The summed E-state index contributed by atoms with van der Waals surface area (Å²) in [5.74, 6) is -1.00. The summed E-state index contributed by atoms with van der Waals surface area (Å²) < 4.78 is 7.40. The van der Waals surface area contributed by atoms with Crippen molar-refractivity contribution in [1.82, 2.24) is 14.3 Å². The Hall–Kier alpha value is -4.79. The highest BCUT2D eigenvalue weighted by molar-refractivity contribution is 6.22. The molecule has 1 aliphatic heterocycles. The first-order chi connectivity index (χ1) is 17.3. The summed E-state index contributed by atoms with van der Waals surface area (Å²) in [6.07, 6.45) is 1.67. The van der Waals surface area contributed by atoms with Crippen LogP contribution in [-0.2, 0) is 11.4 Å². The molecular formula is C27H22N4O5. The predicted octanol–water partition coefficient (Wildman–Crippen LogP) is 3.13. The van der Waals surface area contributed by atoms with Crippen LogP contribution in [0.25, 0.3) is 5.65 Å². The number of benzene rings is 2. The van der Waals surface area contributed by atoms with E-state index in [9.17, 15) is 19.2 Å². The zero-order valence-electron chi connectivity index (χ0n) is 19.6. The second kappa shape index (κ2) is 9.10. The van der Waals surface area contributed by atoms with Crippen LogP contribution in [0.5, 0.6) is 5.75 Å². The second-order valence-electron chi connectivity index (χ2n) is 8.53. The number of anilines is 1. The smallest absolute Gasteiger partial charge is 0.262 e. The largest absolute Gasteiger partial charge is 0.487 e. The van der Waals surface area contributed by atoms with Crippen LogP contribution in [0.1, 0.15) is 37.5 Å². The first-order valence-electron chi connectivity index (χ1n) is 11.3. The number of fused-ring (bicyclic) bond motifs is 2. The fraction of sp³-hybridized carbons (Fsp3) is 0.148. The lowest BCUT2D eigenvalue weighted by molar-refractivity contribution is -0.116. The number of pyridine rings is 1. The molecule has 9 heteroatoms. The highest BCUT2D eigenvalue weighted by Crippen LogP contribution is 2.25. The summed E-state index contributed by atoms with van der Waals surface area (Å²) in [6, 6.07) is 16.7. The molecule has 5 rings (SSSR count). The van der Waals surface area contributed by atoms with Crippen molar-refractivity contribution in [2.75, 3.05) is 11.9 Å². The third-order valence-electron chi connectivity index (χ3n) is 5.97. The Morgan fingerprint density at radius 3 is 2.36 bits per heavy atom. The zero-order chi connectivity index (χ0) is 25.4. The van der Waals surface area contributed by atoms with E-state index in [1.807, 2.05) is 19.9 Å². The van der Waals surface area contributed by atoms with Gasteiger partial charge in [-0.3, -0.25) is 28.5 Å². The van der Waals surface area contributed by atoms with Crippen LogP contribution in [-0.4, -0.2) is 38.6 Å². The number of aromatic nitrogens is 2. The van der Waals surface area contributed by atoms with Gasteiger partial charge in [-0.05, 0) is 49.2 Å². The second-order valence-corrected chi connectivity index (χ2v) is 8.53. The zero-order valence-corrected chi connectivity index (χ0v) is 19.6. The van der Waals surface area contributed by atoms with Crippen LogP contribution in [0.4, 0.5) is 5.69 Å². The molecule has 2 aromatic heterocycles. The van der Waals surface area contributed by atoms with Crippen molar-refractivity contribution in [3.63, 3.8) is 0 Å². The summed E-state index contributed by atoms with van der Waals surface area (Å²) in [7, 11) is 0. The number of carbonyl (C=O) groups excluding carboxylic acids is 3. The molecule has 0 fully saturated rings. The van der Waals surface area contributed by atoms with Gasteiger partial charge in [0.15, 0.2) is 0 Å². The first kappa shape index (κ1) is 23.0. The third kappa shape index (κ3) is 4.22. The molecule has 3 amide bonds. The van der Waals surface area contributed by atoms with E-state index in [4.69, 9.17) is 4.74 Å². The lowest BCUT2D eigenvalue weighted by Gasteiger charge is -2.15. The van der Waals surface area contributed by atoms with Gasteiger partial charge in [0.2, 0.25) is 5.91 Å². The lowest BCUT2D eigenvalue weighted by Crippen LogP contribution is -2.37. The molecule has 1 N–H and O–H groups in total. The highest BCUT2D eigenvalue weighted by atomic mass is 16.5. The van der Waals surface area contributed by atoms with Crippen molar-refractivity contribution >= 4 is 29.1 Å². The first-order valence-corrected chi connectivity index (χ1v) is 11.3. The molecule has 9 nitrogen and oxygen atoms in total. The van der Waals surface area contributed by atoms with Crippen molar-refractivity contribution in [2.45, 2.75) is 20.5 Å². The van der Waals surface area contributed by atoms with Gasteiger partial charge >= 0.3 is 0 Å². The molecule has 0 aliphatic carbocycles. The van der Waals surface area contributed by atoms with E-state index in [1.165, 1.54) is 10.5 Å². The van der Waals surface area contributed by atoms with E-state index in [0.717, 1.165) is 16.0 Å². The van der Waals surface area contributed by atoms with Gasteiger partial charge < -0.3 is 10.1 Å². The van der Waals surface area contributed by atoms with Gasteiger partial charge in [-0.1, -0.05) is 24.3 Å². The number of aryl methyl sites for hydroxylation is 2. The van der Waals surface area contributed by atoms with E-state index < -0.39 is 24.3 Å². The maximum absolute atomic E-state index is 12.6. The van der Waals surface area contributed by atoms with Crippen molar-refractivity contribution in [3.8, 4) is 5.75 Å². The van der Waals surface area contributed by atoms with E-state index in [0.29, 0.717) is 33.9 Å². The number of nitrogens with one attached hydrogen (secondary N) is 1. The summed E-state index contributed by atoms with van der Waals surface area (Å²) in [5, 5.41) is 2.71. The molecule has 0 saturated carbocycles. The van der Waals surface area contributed by atoms with Crippen LogP contribution < -0.4 is 15.6 Å². The molecule has 1 aliphatic rings. The number of nitrogens with zero attached hydrogens (tertiary/aromatic N) is 3. The monoisotopic (exact) mass is 482 g/mol. The fourth-order valence-corrected chi connectivity index (χ4v) is 4.09. The number of rotatable bonds is 6. The minimum absolute atomic E-state index is 0.0629. The molecule has 0 saturated heterocycles. The maximum Gasteiger partial charge on any atom is 0.262 e. The number of hydrogen-bond acceptors (Lipinski definition) is 6. The minimum atomic E-state index is -0.515. The molecule has 0 bridgehead atoms. The number of hydrogen-bond donors (Lipinski definition) is 1. The van der Waals surface area contributed by atoms with Crippen molar-refractivity contribution in [3.05, 3.63) is 105 Å². The van der Waals surface area contributed by atoms with Gasteiger partial charge in [-0.2, -0.15) is 0 Å².